The fourth-order valence-corrected chi connectivity index (χ4v) is 4.96. The third-order valence-corrected chi connectivity index (χ3v) is 6.67. The number of hydrogen-bond acceptors (Lipinski definition) is 5. The number of methoxy groups -OCH3 is 1. The number of amides is 1. The summed E-state index contributed by atoms with van der Waals surface area (Å²) in [5.41, 5.74) is 7.80. The van der Waals surface area contributed by atoms with E-state index in [-0.39, 0.29) is 12.0 Å². The number of piperidine rings is 1. The Morgan fingerprint density at radius 1 is 1.14 bits per heavy atom. The van der Waals surface area contributed by atoms with Gasteiger partial charge in [0.1, 0.15) is 5.82 Å². The van der Waals surface area contributed by atoms with Gasteiger partial charge in [-0.05, 0) is 48.7 Å². The highest BCUT2D eigenvalue weighted by Crippen LogP contribution is 2.37. The van der Waals surface area contributed by atoms with Crippen molar-refractivity contribution in [2.45, 2.75) is 31.2 Å². The maximum absolute atomic E-state index is 13.8. The summed E-state index contributed by atoms with van der Waals surface area (Å²) in [6, 6.07) is 9.65. The van der Waals surface area contributed by atoms with Crippen molar-refractivity contribution >= 4 is 33.5 Å². The van der Waals surface area contributed by atoms with Gasteiger partial charge in [-0.15, -0.1) is 0 Å². The summed E-state index contributed by atoms with van der Waals surface area (Å²) < 4.78 is 46.6. The number of nitrogens with two attached hydrogens (primary N) is 1. The Morgan fingerprint density at radius 2 is 1.89 bits per heavy atom. The number of likely N-dealkylation sites (tertiary alicyclic amines) is 1. The predicted octanol–water partition coefficient (Wildman–Crippen LogP) is 4.71. The number of hydrogen-bond donors (Lipinski definition) is 1. The van der Waals surface area contributed by atoms with Gasteiger partial charge in [0, 0.05) is 31.7 Å². The van der Waals surface area contributed by atoms with Crippen molar-refractivity contribution in [3.63, 3.8) is 0 Å². The van der Waals surface area contributed by atoms with Crippen LogP contribution >= 0.6 is 0 Å². The number of carbonyl (C=O) groups is 1. The molecule has 3 heterocycles. The third kappa shape index (κ3) is 3.97. The molecule has 1 aliphatic rings. The summed E-state index contributed by atoms with van der Waals surface area (Å²) in [6.07, 6.45) is -1.71. The fraction of sp³-hybridized carbons (Fsp3) is 0.320. The lowest BCUT2D eigenvalue weighted by Gasteiger charge is -2.41. The Balaban J connectivity index is 1.56. The first-order valence-electron chi connectivity index (χ1n) is 11.2. The Kier molecular flexibility index (Phi) is 5.63. The first kappa shape index (κ1) is 23.1. The first-order valence-corrected chi connectivity index (χ1v) is 11.2. The van der Waals surface area contributed by atoms with Crippen LogP contribution in [-0.4, -0.2) is 45.3 Å². The molecule has 1 saturated heterocycles. The number of nitrogens with zero attached hydrogens (tertiary/aromatic N) is 4. The Labute approximate surface area is 199 Å². The quantitative estimate of drug-likeness (QED) is 0.456. The van der Waals surface area contributed by atoms with Gasteiger partial charge in [-0.3, -0.25) is 9.48 Å². The highest BCUT2D eigenvalue weighted by molar-refractivity contribution is 6.10. The van der Waals surface area contributed by atoms with E-state index in [1.165, 1.54) is 12.1 Å². The van der Waals surface area contributed by atoms with Crippen molar-refractivity contribution < 1.29 is 22.7 Å². The van der Waals surface area contributed by atoms with Crippen LogP contribution in [0.5, 0.6) is 0 Å². The monoisotopic (exact) mass is 483 g/mol. The standard InChI is InChI=1S/C25H24F3N5O2/c1-32-22-17-12-15(7-10-19(17)31-23(29)18(22)13-30-32)24(34)33-11-3-4-20(35-2)21(33)14-5-8-16(9-6-14)25(26,27)28/h5-10,12-13,20-21H,3-4,11H2,1-2H3,(H2,29,31). The minimum atomic E-state index is -4.43. The van der Waals surface area contributed by atoms with Crippen molar-refractivity contribution in [2.75, 3.05) is 19.4 Å². The van der Waals surface area contributed by atoms with Crippen LogP contribution in [0.25, 0.3) is 21.8 Å². The van der Waals surface area contributed by atoms with Crippen LogP contribution in [0.1, 0.15) is 40.4 Å². The molecule has 2 N–H and O–H groups in total. The second kappa shape index (κ2) is 8.53. The number of halogens is 3. The fourth-order valence-electron chi connectivity index (χ4n) is 4.96. The smallest absolute Gasteiger partial charge is 0.383 e. The van der Waals surface area contributed by atoms with E-state index in [4.69, 9.17) is 10.5 Å². The number of nitrogen functional groups attached to an aromatic ring is 1. The van der Waals surface area contributed by atoms with Gasteiger partial charge in [-0.25, -0.2) is 4.98 Å². The maximum Gasteiger partial charge on any atom is 0.416 e. The molecule has 1 fully saturated rings. The zero-order valence-corrected chi connectivity index (χ0v) is 19.2. The van der Waals surface area contributed by atoms with E-state index in [1.54, 1.807) is 48.1 Å². The topological polar surface area (TPSA) is 86.3 Å². The second-order valence-corrected chi connectivity index (χ2v) is 8.74. The zero-order valence-electron chi connectivity index (χ0n) is 19.2. The molecule has 0 saturated carbocycles. The maximum atomic E-state index is 13.8. The van der Waals surface area contributed by atoms with Gasteiger partial charge < -0.3 is 15.4 Å². The summed E-state index contributed by atoms with van der Waals surface area (Å²) in [5.74, 6) is 0.131. The molecule has 5 rings (SSSR count). The molecule has 10 heteroatoms. The second-order valence-electron chi connectivity index (χ2n) is 8.74. The van der Waals surface area contributed by atoms with Gasteiger partial charge >= 0.3 is 6.18 Å². The first-order chi connectivity index (χ1) is 16.7. The Bertz CT molecular complexity index is 1410. The van der Waals surface area contributed by atoms with E-state index in [9.17, 15) is 18.0 Å². The number of alkyl halides is 3. The third-order valence-electron chi connectivity index (χ3n) is 6.67. The van der Waals surface area contributed by atoms with E-state index in [0.29, 0.717) is 40.8 Å². The van der Waals surface area contributed by atoms with E-state index in [0.717, 1.165) is 29.5 Å². The van der Waals surface area contributed by atoms with Crippen LogP contribution in [0.4, 0.5) is 19.0 Å². The molecule has 2 atom stereocenters. The molecule has 182 valence electrons. The molecular weight excluding hydrogens is 459 g/mol. The van der Waals surface area contributed by atoms with Crippen molar-refractivity contribution in [1.29, 1.82) is 0 Å². The molecule has 4 aromatic rings. The minimum Gasteiger partial charge on any atom is -0.383 e. The normalized spacial score (nSPS) is 18.9. The summed E-state index contributed by atoms with van der Waals surface area (Å²) in [5, 5.41) is 5.71. The number of pyridine rings is 1. The molecule has 2 aromatic carbocycles. The summed E-state index contributed by atoms with van der Waals surface area (Å²) in [6.45, 7) is 0.462. The van der Waals surface area contributed by atoms with E-state index >= 15 is 0 Å². The lowest BCUT2D eigenvalue weighted by molar-refractivity contribution is -0.137. The number of anilines is 1. The number of fused-ring (bicyclic) bond motifs is 3. The van der Waals surface area contributed by atoms with Gasteiger partial charge in [-0.2, -0.15) is 18.3 Å². The van der Waals surface area contributed by atoms with Crippen molar-refractivity contribution in [2.24, 2.45) is 7.05 Å². The number of ether oxygens (including phenoxy) is 1. The summed E-state index contributed by atoms with van der Waals surface area (Å²) in [7, 11) is 3.35. The van der Waals surface area contributed by atoms with Crippen LogP contribution < -0.4 is 5.73 Å². The number of benzene rings is 2. The number of aryl methyl sites for hydroxylation is 1. The molecule has 0 bridgehead atoms. The lowest BCUT2D eigenvalue weighted by atomic mass is 9.91. The zero-order chi connectivity index (χ0) is 24.9. The largest absolute Gasteiger partial charge is 0.416 e. The Hall–Kier alpha value is -3.66. The average molecular weight is 483 g/mol. The molecule has 1 amide bonds. The van der Waals surface area contributed by atoms with Gasteiger partial charge in [0.25, 0.3) is 5.91 Å². The van der Waals surface area contributed by atoms with Crippen LogP contribution in [0.2, 0.25) is 0 Å². The molecule has 1 aliphatic heterocycles. The van der Waals surface area contributed by atoms with Crippen LogP contribution in [-0.2, 0) is 18.0 Å². The molecule has 0 radical (unpaired) electrons. The Morgan fingerprint density at radius 3 is 2.57 bits per heavy atom. The summed E-state index contributed by atoms with van der Waals surface area (Å²) >= 11 is 0. The van der Waals surface area contributed by atoms with Gasteiger partial charge in [0.05, 0.1) is 40.3 Å². The van der Waals surface area contributed by atoms with Gasteiger partial charge in [0.2, 0.25) is 0 Å². The van der Waals surface area contributed by atoms with Crippen LogP contribution in [0, 0.1) is 0 Å². The van der Waals surface area contributed by atoms with E-state index in [2.05, 4.69) is 10.1 Å². The van der Waals surface area contributed by atoms with Crippen LogP contribution in [0.3, 0.4) is 0 Å². The molecule has 0 aliphatic carbocycles. The van der Waals surface area contributed by atoms with Crippen LogP contribution in [0.15, 0.2) is 48.7 Å². The van der Waals surface area contributed by atoms with Gasteiger partial charge in [-0.1, -0.05) is 12.1 Å². The van der Waals surface area contributed by atoms with Gasteiger partial charge in [0.15, 0.2) is 0 Å². The van der Waals surface area contributed by atoms with Crippen molar-refractivity contribution in [3.05, 3.63) is 65.4 Å². The van der Waals surface area contributed by atoms with E-state index < -0.39 is 17.8 Å². The minimum absolute atomic E-state index is 0.231. The van der Waals surface area contributed by atoms with Crippen molar-refractivity contribution in [3.8, 4) is 0 Å². The SMILES string of the molecule is COC1CCCN(C(=O)c2ccc3nc(N)c4cnn(C)c4c3c2)C1c1ccc(C(F)(F)F)cc1. The number of rotatable bonds is 3. The summed E-state index contributed by atoms with van der Waals surface area (Å²) in [4.78, 5) is 19.9. The number of carbonyl (C=O) groups excluding carboxylic acids is 1. The van der Waals surface area contributed by atoms with E-state index in [1.807, 2.05) is 0 Å². The molecule has 35 heavy (non-hydrogen) atoms. The van der Waals surface area contributed by atoms with Crippen molar-refractivity contribution in [1.82, 2.24) is 19.7 Å². The lowest BCUT2D eigenvalue weighted by Crippen LogP contribution is -2.45. The molecule has 2 unspecified atom stereocenters. The number of aromatic nitrogens is 3. The molecule has 0 spiro atoms. The highest BCUT2D eigenvalue weighted by atomic mass is 19.4. The molecule has 7 nitrogen and oxygen atoms in total. The average Bonchev–Trinajstić information content (AvgIpc) is 3.25. The molecular formula is C25H24F3N5O2. The highest BCUT2D eigenvalue weighted by Gasteiger charge is 2.37. The predicted molar refractivity (Wildman–Crippen MR) is 126 cm³/mol. The molecule has 2 aromatic heterocycles.